The fourth-order valence-electron chi connectivity index (χ4n) is 2.40. The molecule has 1 fully saturated rings. The van der Waals surface area contributed by atoms with E-state index in [1.807, 2.05) is 30.3 Å². The molecule has 4 heteroatoms. The minimum Gasteiger partial charge on any atom is -0.452 e. The number of rotatable bonds is 4. The predicted molar refractivity (Wildman–Crippen MR) is 76.2 cm³/mol. The monoisotopic (exact) mass is 275 g/mol. The number of likely N-dealkylation sites (tertiary alicyclic amines) is 1. The van der Waals surface area contributed by atoms with Crippen LogP contribution in [0.15, 0.2) is 30.3 Å². The van der Waals surface area contributed by atoms with E-state index in [1.165, 1.54) is 0 Å². The summed E-state index contributed by atoms with van der Waals surface area (Å²) in [5.74, 6) is -0.794. The summed E-state index contributed by atoms with van der Waals surface area (Å²) in [6.45, 7) is 4.99. The number of hydrogen-bond donors (Lipinski definition) is 0. The van der Waals surface area contributed by atoms with Gasteiger partial charge in [-0.25, -0.2) is 0 Å². The van der Waals surface area contributed by atoms with Crippen molar-refractivity contribution in [2.24, 2.45) is 0 Å². The molecule has 0 saturated carbocycles. The van der Waals surface area contributed by atoms with Gasteiger partial charge in [-0.05, 0) is 32.3 Å². The summed E-state index contributed by atoms with van der Waals surface area (Å²) >= 11 is 0. The Hall–Kier alpha value is -1.84. The average molecular weight is 275 g/mol. The zero-order valence-corrected chi connectivity index (χ0v) is 12.0. The van der Waals surface area contributed by atoms with E-state index in [0.717, 1.165) is 31.5 Å². The lowest BCUT2D eigenvalue weighted by Gasteiger charge is -2.21. The fourth-order valence-corrected chi connectivity index (χ4v) is 2.40. The highest BCUT2D eigenvalue weighted by molar-refractivity contribution is 5.85. The maximum atomic E-state index is 12.1. The van der Waals surface area contributed by atoms with Crippen molar-refractivity contribution in [1.82, 2.24) is 4.90 Å². The predicted octanol–water partition coefficient (Wildman–Crippen LogP) is 2.34. The van der Waals surface area contributed by atoms with Gasteiger partial charge in [0.05, 0.1) is 5.92 Å². The fraction of sp³-hybridized carbons (Fsp3) is 0.500. The van der Waals surface area contributed by atoms with Gasteiger partial charge in [-0.1, -0.05) is 30.3 Å². The van der Waals surface area contributed by atoms with Crippen LogP contribution in [0, 0.1) is 0 Å². The first-order chi connectivity index (χ1) is 9.59. The topological polar surface area (TPSA) is 46.6 Å². The molecule has 1 aliphatic rings. The van der Waals surface area contributed by atoms with E-state index in [1.54, 1.807) is 18.7 Å². The van der Waals surface area contributed by atoms with Crippen molar-refractivity contribution in [3.05, 3.63) is 35.9 Å². The van der Waals surface area contributed by atoms with Crippen LogP contribution in [0.25, 0.3) is 0 Å². The van der Waals surface area contributed by atoms with Crippen molar-refractivity contribution in [2.45, 2.75) is 38.7 Å². The normalized spacial score (nSPS) is 17.6. The lowest BCUT2D eigenvalue weighted by atomic mass is 10.0. The molecule has 0 aromatic heterocycles. The van der Waals surface area contributed by atoms with Gasteiger partial charge in [0.1, 0.15) is 0 Å². The molecule has 0 spiro atoms. The van der Waals surface area contributed by atoms with E-state index in [2.05, 4.69) is 0 Å². The molecule has 2 atom stereocenters. The van der Waals surface area contributed by atoms with Crippen LogP contribution in [0.2, 0.25) is 0 Å². The first-order valence-electron chi connectivity index (χ1n) is 7.14. The van der Waals surface area contributed by atoms with E-state index < -0.39 is 6.10 Å². The molecule has 4 nitrogen and oxygen atoms in total. The number of ether oxygens (including phenoxy) is 1. The number of nitrogens with zero attached hydrogens (tertiary/aromatic N) is 1. The minimum atomic E-state index is -0.702. The standard InChI is InChI=1S/C16H21NO3/c1-12(14-8-4-3-5-9-14)16(19)20-13(2)15(18)17-10-6-7-11-17/h3-5,8-9,12-13H,6-7,10-11H2,1-2H3/t12?,13-/m0/s1. The third-order valence-electron chi connectivity index (χ3n) is 3.71. The number of hydrogen-bond acceptors (Lipinski definition) is 3. The zero-order valence-electron chi connectivity index (χ0n) is 12.0. The highest BCUT2D eigenvalue weighted by Crippen LogP contribution is 2.18. The van der Waals surface area contributed by atoms with E-state index in [-0.39, 0.29) is 17.8 Å². The number of carbonyl (C=O) groups is 2. The molecule has 0 bridgehead atoms. The van der Waals surface area contributed by atoms with Gasteiger partial charge in [0.15, 0.2) is 6.10 Å². The summed E-state index contributed by atoms with van der Waals surface area (Å²) in [5.41, 5.74) is 0.901. The smallest absolute Gasteiger partial charge is 0.313 e. The lowest BCUT2D eigenvalue weighted by molar-refractivity contribution is -0.159. The second-order valence-electron chi connectivity index (χ2n) is 5.24. The minimum absolute atomic E-state index is 0.0869. The molecule has 1 saturated heterocycles. The van der Waals surface area contributed by atoms with Gasteiger partial charge in [-0.2, -0.15) is 0 Å². The van der Waals surface area contributed by atoms with Crippen LogP contribution in [0.4, 0.5) is 0 Å². The van der Waals surface area contributed by atoms with Gasteiger partial charge in [0.2, 0.25) is 0 Å². The molecule has 2 rings (SSSR count). The quantitative estimate of drug-likeness (QED) is 0.792. The van der Waals surface area contributed by atoms with Crippen molar-refractivity contribution in [3.8, 4) is 0 Å². The molecule has 1 heterocycles. The number of esters is 1. The van der Waals surface area contributed by atoms with Gasteiger partial charge >= 0.3 is 5.97 Å². The molecule has 0 aliphatic carbocycles. The maximum Gasteiger partial charge on any atom is 0.313 e. The van der Waals surface area contributed by atoms with Crippen LogP contribution >= 0.6 is 0 Å². The van der Waals surface area contributed by atoms with Gasteiger partial charge < -0.3 is 9.64 Å². The third-order valence-corrected chi connectivity index (χ3v) is 3.71. The molecule has 1 aliphatic heterocycles. The van der Waals surface area contributed by atoms with E-state index >= 15 is 0 Å². The second kappa shape index (κ2) is 6.55. The maximum absolute atomic E-state index is 12.1. The highest BCUT2D eigenvalue weighted by atomic mass is 16.5. The molecule has 20 heavy (non-hydrogen) atoms. The van der Waals surface area contributed by atoms with Gasteiger partial charge in [-0.15, -0.1) is 0 Å². The Labute approximate surface area is 119 Å². The first kappa shape index (κ1) is 14.6. The van der Waals surface area contributed by atoms with Crippen LogP contribution < -0.4 is 0 Å². The Balaban J connectivity index is 1.91. The van der Waals surface area contributed by atoms with Crippen LogP contribution in [0.5, 0.6) is 0 Å². The van der Waals surface area contributed by atoms with Crippen molar-refractivity contribution in [3.63, 3.8) is 0 Å². The lowest BCUT2D eigenvalue weighted by Crippen LogP contribution is -2.38. The number of benzene rings is 1. The summed E-state index contributed by atoms with van der Waals surface area (Å²) in [6, 6.07) is 9.45. The summed E-state index contributed by atoms with van der Waals surface area (Å²) in [5, 5.41) is 0. The van der Waals surface area contributed by atoms with Crippen molar-refractivity contribution in [2.75, 3.05) is 13.1 Å². The Bertz CT molecular complexity index is 466. The molecule has 1 aromatic rings. The molecular weight excluding hydrogens is 254 g/mol. The van der Waals surface area contributed by atoms with Crippen molar-refractivity contribution >= 4 is 11.9 Å². The van der Waals surface area contributed by atoms with Crippen LogP contribution in [0.3, 0.4) is 0 Å². The Morgan fingerprint density at radius 1 is 1.10 bits per heavy atom. The van der Waals surface area contributed by atoms with Crippen LogP contribution in [0.1, 0.15) is 38.2 Å². The van der Waals surface area contributed by atoms with Crippen molar-refractivity contribution < 1.29 is 14.3 Å². The van der Waals surface area contributed by atoms with Crippen molar-refractivity contribution in [1.29, 1.82) is 0 Å². The summed E-state index contributed by atoms with van der Waals surface area (Å²) in [4.78, 5) is 25.9. The third kappa shape index (κ3) is 3.38. The van der Waals surface area contributed by atoms with Gasteiger partial charge in [0, 0.05) is 13.1 Å². The SMILES string of the molecule is CC(C(=O)O[C@@H](C)C(=O)N1CCCC1)c1ccccc1. The Morgan fingerprint density at radius 3 is 2.30 bits per heavy atom. The average Bonchev–Trinajstić information content (AvgIpc) is 3.00. The Morgan fingerprint density at radius 2 is 1.70 bits per heavy atom. The molecule has 0 radical (unpaired) electrons. The van der Waals surface area contributed by atoms with E-state index in [4.69, 9.17) is 4.74 Å². The van der Waals surface area contributed by atoms with Gasteiger partial charge in [0.25, 0.3) is 5.91 Å². The zero-order chi connectivity index (χ0) is 14.5. The summed E-state index contributed by atoms with van der Waals surface area (Å²) in [7, 11) is 0. The van der Waals surface area contributed by atoms with Crippen LogP contribution in [-0.4, -0.2) is 36.0 Å². The molecule has 0 N–H and O–H groups in total. The highest BCUT2D eigenvalue weighted by Gasteiger charge is 2.27. The summed E-state index contributed by atoms with van der Waals surface area (Å²) < 4.78 is 5.31. The van der Waals surface area contributed by atoms with Crippen LogP contribution in [-0.2, 0) is 14.3 Å². The first-order valence-corrected chi connectivity index (χ1v) is 7.14. The number of carbonyl (C=O) groups excluding carboxylic acids is 2. The van der Waals surface area contributed by atoms with E-state index in [0.29, 0.717) is 0 Å². The number of amides is 1. The summed E-state index contributed by atoms with van der Waals surface area (Å²) in [6.07, 6.45) is 1.37. The molecular formula is C16H21NO3. The molecule has 1 aromatic carbocycles. The molecule has 108 valence electrons. The van der Waals surface area contributed by atoms with Gasteiger partial charge in [-0.3, -0.25) is 9.59 Å². The Kier molecular flexibility index (Phi) is 4.77. The molecule has 1 unspecified atom stereocenters. The molecule has 1 amide bonds. The largest absolute Gasteiger partial charge is 0.452 e. The van der Waals surface area contributed by atoms with E-state index in [9.17, 15) is 9.59 Å². The second-order valence-corrected chi connectivity index (χ2v) is 5.24.